The fourth-order valence-electron chi connectivity index (χ4n) is 3.39. The lowest BCUT2D eigenvalue weighted by Crippen LogP contribution is -2.41. The molecule has 0 bridgehead atoms. The maximum Gasteiger partial charge on any atom is 0.264 e. The molecule has 0 aliphatic carbocycles. The zero-order chi connectivity index (χ0) is 25.6. The Hall–Kier alpha value is -2.19. The zero-order valence-corrected chi connectivity index (χ0v) is 23.0. The Morgan fingerprint density at radius 2 is 1.60 bits per heavy atom. The summed E-state index contributed by atoms with van der Waals surface area (Å²) < 4.78 is 28.3. The van der Waals surface area contributed by atoms with E-state index in [4.69, 9.17) is 23.2 Å². The maximum absolute atomic E-state index is 13.5. The molecular formula is C26H28Cl2N2O3S2. The van der Waals surface area contributed by atoms with Crippen LogP contribution >= 0.6 is 35.0 Å². The topological polar surface area (TPSA) is 66.5 Å². The predicted molar refractivity (Wildman–Crippen MR) is 147 cm³/mol. The number of anilines is 1. The minimum atomic E-state index is -3.94. The van der Waals surface area contributed by atoms with Crippen molar-refractivity contribution >= 4 is 56.6 Å². The van der Waals surface area contributed by atoms with Gasteiger partial charge in [0.2, 0.25) is 5.91 Å². The van der Waals surface area contributed by atoms with Crippen molar-refractivity contribution in [1.82, 2.24) is 5.32 Å². The Morgan fingerprint density at radius 1 is 0.914 bits per heavy atom. The lowest BCUT2D eigenvalue weighted by molar-refractivity contribution is -0.119. The fraction of sp³-hybridized carbons (Fsp3) is 0.269. The van der Waals surface area contributed by atoms with Gasteiger partial charge in [-0.05, 0) is 67.8 Å². The highest BCUT2D eigenvalue weighted by atomic mass is 35.5. The molecule has 1 N–H and O–H groups in total. The third-order valence-electron chi connectivity index (χ3n) is 5.35. The third kappa shape index (κ3) is 7.40. The normalized spacial score (nSPS) is 11.3. The number of sulfonamides is 1. The average molecular weight is 552 g/mol. The molecule has 0 saturated carbocycles. The molecule has 1 amide bonds. The van der Waals surface area contributed by atoms with E-state index in [0.29, 0.717) is 28.0 Å². The number of rotatable bonds is 10. The van der Waals surface area contributed by atoms with Crippen LogP contribution in [0.4, 0.5) is 5.69 Å². The number of hydrogen-bond donors (Lipinski definition) is 1. The number of hydrogen-bond acceptors (Lipinski definition) is 4. The largest absolute Gasteiger partial charge is 0.354 e. The van der Waals surface area contributed by atoms with Gasteiger partial charge in [0.15, 0.2) is 0 Å². The van der Waals surface area contributed by atoms with Crippen LogP contribution in [0.1, 0.15) is 22.3 Å². The van der Waals surface area contributed by atoms with Gasteiger partial charge in [0.25, 0.3) is 10.0 Å². The van der Waals surface area contributed by atoms with Gasteiger partial charge in [-0.25, -0.2) is 8.42 Å². The lowest BCUT2D eigenvalue weighted by Gasteiger charge is -2.26. The molecule has 186 valence electrons. The first kappa shape index (κ1) is 27.4. The Labute approximate surface area is 221 Å². The first-order valence-electron chi connectivity index (χ1n) is 11.0. The second kappa shape index (κ2) is 12.2. The predicted octanol–water partition coefficient (Wildman–Crippen LogP) is 6.16. The Morgan fingerprint density at radius 3 is 2.29 bits per heavy atom. The van der Waals surface area contributed by atoms with E-state index in [-0.39, 0.29) is 17.3 Å². The van der Waals surface area contributed by atoms with Crippen molar-refractivity contribution in [1.29, 1.82) is 0 Å². The highest BCUT2D eigenvalue weighted by molar-refractivity contribution is 7.98. The number of carbonyl (C=O) groups is 1. The van der Waals surface area contributed by atoms with Crippen molar-refractivity contribution in [2.24, 2.45) is 0 Å². The molecule has 0 spiro atoms. The van der Waals surface area contributed by atoms with Crippen LogP contribution < -0.4 is 9.62 Å². The number of nitrogens with zero attached hydrogens (tertiary/aromatic N) is 1. The molecule has 0 aliphatic heterocycles. The third-order valence-corrected chi connectivity index (χ3v) is 8.89. The Bertz CT molecular complexity index is 1300. The van der Waals surface area contributed by atoms with Crippen LogP contribution in [-0.4, -0.2) is 33.2 Å². The summed E-state index contributed by atoms with van der Waals surface area (Å²) in [6, 6.07) is 17.7. The van der Waals surface area contributed by atoms with E-state index in [1.54, 1.807) is 48.2 Å². The average Bonchev–Trinajstić information content (AvgIpc) is 2.81. The smallest absolute Gasteiger partial charge is 0.264 e. The number of nitrogens with one attached hydrogen (secondary N) is 1. The first-order valence-corrected chi connectivity index (χ1v) is 14.4. The first-order chi connectivity index (χ1) is 16.6. The SMILES string of the molecule is Cc1ccc(S(=O)(=O)N(CC(=O)NCCSCc2ccc(Cl)c(Cl)c2)c2cc(C)ccc2C)cc1. The molecule has 0 heterocycles. The minimum Gasteiger partial charge on any atom is -0.354 e. The number of thioether (sulfide) groups is 1. The van der Waals surface area contributed by atoms with Crippen LogP contribution in [0.15, 0.2) is 65.6 Å². The van der Waals surface area contributed by atoms with Crippen molar-refractivity contribution < 1.29 is 13.2 Å². The van der Waals surface area contributed by atoms with Crippen molar-refractivity contribution in [3.63, 3.8) is 0 Å². The molecule has 0 saturated heterocycles. The van der Waals surface area contributed by atoms with Gasteiger partial charge in [-0.15, -0.1) is 0 Å². The van der Waals surface area contributed by atoms with Crippen LogP contribution in [0.3, 0.4) is 0 Å². The number of aryl methyl sites for hydroxylation is 3. The van der Waals surface area contributed by atoms with Crippen LogP contribution in [0.2, 0.25) is 10.0 Å². The van der Waals surface area contributed by atoms with Gasteiger partial charge in [-0.1, -0.05) is 59.1 Å². The number of carbonyl (C=O) groups excluding carboxylic acids is 1. The summed E-state index contributed by atoms with van der Waals surface area (Å²) in [4.78, 5) is 13.0. The molecule has 0 radical (unpaired) electrons. The van der Waals surface area contributed by atoms with Gasteiger partial charge in [-0.3, -0.25) is 9.10 Å². The molecule has 0 aromatic heterocycles. The summed E-state index contributed by atoms with van der Waals surface area (Å²) in [5, 5.41) is 3.87. The lowest BCUT2D eigenvalue weighted by atomic mass is 10.1. The molecule has 5 nitrogen and oxygen atoms in total. The van der Waals surface area contributed by atoms with E-state index in [1.807, 2.05) is 45.0 Å². The van der Waals surface area contributed by atoms with Crippen molar-refractivity contribution in [2.75, 3.05) is 23.1 Å². The summed E-state index contributed by atoms with van der Waals surface area (Å²) in [5.74, 6) is 1.03. The summed E-state index contributed by atoms with van der Waals surface area (Å²) in [6.07, 6.45) is 0. The Balaban J connectivity index is 1.68. The highest BCUT2D eigenvalue weighted by Crippen LogP contribution is 2.28. The Kier molecular flexibility index (Phi) is 9.53. The van der Waals surface area contributed by atoms with E-state index in [9.17, 15) is 13.2 Å². The summed E-state index contributed by atoms with van der Waals surface area (Å²) in [6.45, 7) is 5.73. The van der Waals surface area contributed by atoms with Gasteiger partial charge in [0, 0.05) is 18.1 Å². The maximum atomic E-state index is 13.5. The number of benzene rings is 3. The molecule has 3 aromatic rings. The van der Waals surface area contributed by atoms with E-state index in [1.165, 1.54) is 4.31 Å². The molecule has 9 heteroatoms. The van der Waals surface area contributed by atoms with Gasteiger partial charge in [0.1, 0.15) is 6.54 Å². The van der Waals surface area contributed by atoms with Gasteiger partial charge in [0.05, 0.1) is 20.6 Å². The second-order valence-corrected chi connectivity index (χ2v) is 12.0. The fourth-order valence-corrected chi connectivity index (χ4v) is 6.00. The second-order valence-electron chi connectivity index (χ2n) is 8.27. The molecular weight excluding hydrogens is 523 g/mol. The van der Waals surface area contributed by atoms with Crippen LogP contribution in [-0.2, 0) is 20.6 Å². The molecule has 0 fully saturated rings. The van der Waals surface area contributed by atoms with Gasteiger partial charge < -0.3 is 5.32 Å². The molecule has 3 rings (SSSR count). The quantitative estimate of drug-likeness (QED) is 0.307. The van der Waals surface area contributed by atoms with Gasteiger partial charge >= 0.3 is 0 Å². The molecule has 0 atom stereocenters. The van der Waals surface area contributed by atoms with Crippen molar-refractivity contribution in [2.45, 2.75) is 31.4 Å². The van der Waals surface area contributed by atoms with Gasteiger partial charge in [-0.2, -0.15) is 11.8 Å². The minimum absolute atomic E-state index is 0.147. The summed E-state index contributed by atoms with van der Waals surface area (Å²) in [5.41, 5.74) is 4.18. The number of halogens is 2. The summed E-state index contributed by atoms with van der Waals surface area (Å²) in [7, 11) is -3.94. The monoisotopic (exact) mass is 550 g/mol. The molecule has 0 unspecified atom stereocenters. The standard InChI is InChI=1S/C26H28Cl2N2O3S2/c1-18-5-9-22(10-6-18)35(32,33)30(25-14-19(2)4-7-20(25)3)16-26(31)29-12-13-34-17-21-8-11-23(27)24(28)15-21/h4-11,14-15H,12-13,16-17H2,1-3H3,(H,29,31). The van der Waals surface area contributed by atoms with E-state index >= 15 is 0 Å². The van der Waals surface area contributed by atoms with Crippen LogP contribution in [0.5, 0.6) is 0 Å². The van der Waals surface area contributed by atoms with E-state index in [2.05, 4.69) is 5.32 Å². The summed E-state index contributed by atoms with van der Waals surface area (Å²) >= 11 is 13.6. The van der Waals surface area contributed by atoms with Crippen LogP contribution in [0.25, 0.3) is 0 Å². The van der Waals surface area contributed by atoms with Crippen molar-refractivity contribution in [3.05, 3.63) is 93.0 Å². The van der Waals surface area contributed by atoms with Crippen LogP contribution in [0, 0.1) is 20.8 Å². The van der Waals surface area contributed by atoms with E-state index < -0.39 is 10.0 Å². The highest BCUT2D eigenvalue weighted by Gasteiger charge is 2.28. The zero-order valence-electron chi connectivity index (χ0n) is 19.8. The molecule has 35 heavy (non-hydrogen) atoms. The molecule has 0 aliphatic rings. The molecule has 3 aromatic carbocycles. The number of amides is 1. The van der Waals surface area contributed by atoms with Crippen molar-refractivity contribution in [3.8, 4) is 0 Å². The van der Waals surface area contributed by atoms with E-state index in [0.717, 1.165) is 28.0 Å².